The first-order valence-electron chi connectivity index (χ1n) is 8.56. The lowest BCUT2D eigenvalue weighted by Gasteiger charge is -2.24. The zero-order valence-electron chi connectivity index (χ0n) is 15.2. The minimum atomic E-state index is -0.861. The van der Waals surface area contributed by atoms with Gasteiger partial charge in [0.25, 0.3) is 17.4 Å². The van der Waals surface area contributed by atoms with E-state index in [1.165, 1.54) is 35.2 Å². The smallest absolute Gasteiger partial charge is 0.295 e. The maximum Gasteiger partial charge on any atom is 0.295 e. The van der Waals surface area contributed by atoms with Gasteiger partial charge in [-0.3, -0.25) is 19.7 Å². The van der Waals surface area contributed by atoms with Crippen LogP contribution in [-0.4, -0.2) is 33.2 Å². The van der Waals surface area contributed by atoms with E-state index < -0.39 is 22.7 Å². The van der Waals surface area contributed by atoms with E-state index >= 15 is 0 Å². The highest BCUT2D eigenvalue weighted by Crippen LogP contribution is 2.39. The summed E-state index contributed by atoms with van der Waals surface area (Å²) in [6, 6.07) is 11.6. The molecule has 1 aliphatic rings. The van der Waals surface area contributed by atoms with Gasteiger partial charge in [0.1, 0.15) is 5.76 Å². The number of non-ortho nitro benzene ring substituents is 1. The Balaban J connectivity index is 2.17. The molecule has 0 unspecified atom stereocenters. The number of aryl methyl sites for hydroxylation is 1. The van der Waals surface area contributed by atoms with Crippen LogP contribution < -0.4 is 0 Å². The van der Waals surface area contributed by atoms with Gasteiger partial charge in [0.05, 0.1) is 16.5 Å². The highest BCUT2D eigenvalue weighted by Gasteiger charge is 2.45. The van der Waals surface area contributed by atoms with Gasteiger partial charge in [0.2, 0.25) is 0 Å². The van der Waals surface area contributed by atoms with Crippen LogP contribution in [-0.2, 0) is 9.59 Å². The molecule has 1 aliphatic heterocycles. The summed E-state index contributed by atoms with van der Waals surface area (Å²) >= 11 is 0. The highest BCUT2D eigenvalue weighted by molar-refractivity contribution is 6.46. The quantitative estimate of drug-likeness (QED) is 0.214. The number of amides is 1. The lowest BCUT2D eigenvalue weighted by Crippen LogP contribution is -2.29. The van der Waals surface area contributed by atoms with E-state index in [1.807, 2.05) is 6.92 Å². The van der Waals surface area contributed by atoms with Crippen molar-refractivity contribution in [1.82, 2.24) is 4.90 Å². The molecule has 142 valence electrons. The van der Waals surface area contributed by atoms with E-state index in [1.54, 1.807) is 24.3 Å². The molecule has 0 aliphatic carbocycles. The van der Waals surface area contributed by atoms with Crippen molar-refractivity contribution in [3.05, 3.63) is 93.6 Å². The summed E-state index contributed by atoms with van der Waals surface area (Å²) < 4.78 is 0. The number of Topliss-reactive ketones (excluding diaryl/α,β-unsaturated/α-hetero) is 1. The molecule has 1 heterocycles. The Kier molecular flexibility index (Phi) is 5.08. The summed E-state index contributed by atoms with van der Waals surface area (Å²) in [5, 5.41) is 21.7. The van der Waals surface area contributed by atoms with Gasteiger partial charge < -0.3 is 10.0 Å². The zero-order valence-corrected chi connectivity index (χ0v) is 15.2. The fourth-order valence-corrected chi connectivity index (χ4v) is 3.20. The Morgan fingerprint density at radius 1 is 1.18 bits per heavy atom. The third-order valence-electron chi connectivity index (χ3n) is 4.61. The topological polar surface area (TPSA) is 101 Å². The Morgan fingerprint density at radius 3 is 2.32 bits per heavy atom. The van der Waals surface area contributed by atoms with Crippen molar-refractivity contribution in [2.75, 3.05) is 6.54 Å². The molecule has 0 aromatic heterocycles. The van der Waals surface area contributed by atoms with E-state index in [2.05, 4.69) is 6.58 Å². The van der Waals surface area contributed by atoms with Crippen LogP contribution in [0.5, 0.6) is 0 Å². The average Bonchev–Trinajstić information content (AvgIpc) is 2.93. The van der Waals surface area contributed by atoms with Gasteiger partial charge in [-0.2, -0.15) is 0 Å². The summed E-state index contributed by atoms with van der Waals surface area (Å²) in [7, 11) is 0. The van der Waals surface area contributed by atoms with E-state index in [-0.39, 0.29) is 23.6 Å². The molecule has 2 aromatic rings. The summed E-state index contributed by atoms with van der Waals surface area (Å²) in [5.74, 6) is -1.84. The molecule has 0 spiro atoms. The molecule has 7 nitrogen and oxygen atoms in total. The number of hydrogen-bond donors (Lipinski definition) is 1. The van der Waals surface area contributed by atoms with Crippen molar-refractivity contribution in [3.63, 3.8) is 0 Å². The van der Waals surface area contributed by atoms with Crippen molar-refractivity contribution in [2.45, 2.75) is 13.0 Å². The summed E-state index contributed by atoms with van der Waals surface area (Å²) in [5.41, 5.74) is 1.72. The first-order chi connectivity index (χ1) is 13.3. The van der Waals surface area contributed by atoms with Crippen molar-refractivity contribution in [2.24, 2.45) is 0 Å². The van der Waals surface area contributed by atoms with Crippen LogP contribution in [0.3, 0.4) is 0 Å². The van der Waals surface area contributed by atoms with E-state index in [4.69, 9.17) is 0 Å². The number of carbonyl (C=O) groups is 2. The van der Waals surface area contributed by atoms with Gasteiger partial charge in [0, 0.05) is 24.2 Å². The maximum atomic E-state index is 12.7. The molecule has 1 fully saturated rings. The van der Waals surface area contributed by atoms with Gasteiger partial charge >= 0.3 is 0 Å². The molecule has 1 amide bonds. The number of aliphatic hydroxyl groups excluding tert-OH is 1. The maximum absolute atomic E-state index is 12.7. The van der Waals surface area contributed by atoms with Crippen LogP contribution in [0.15, 0.2) is 66.8 Å². The van der Waals surface area contributed by atoms with Crippen LogP contribution in [0.1, 0.15) is 22.7 Å². The van der Waals surface area contributed by atoms with Crippen LogP contribution in [0, 0.1) is 17.0 Å². The van der Waals surface area contributed by atoms with Crippen LogP contribution in [0.2, 0.25) is 0 Å². The number of rotatable bonds is 5. The Hall–Kier alpha value is -3.74. The van der Waals surface area contributed by atoms with E-state index in [0.717, 1.165) is 5.56 Å². The number of likely N-dealkylation sites (tertiary alicyclic amines) is 1. The number of aliphatic hydroxyl groups is 1. The van der Waals surface area contributed by atoms with Crippen LogP contribution in [0.25, 0.3) is 5.76 Å². The van der Waals surface area contributed by atoms with Crippen LogP contribution in [0.4, 0.5) is 5.69 Å². The molecule has 28 heavy (non-hydrogen) atoms. The van der Waals surface area contributed by atoms with Gasteiger partial charge in [0.15, 0.2) is 0 Å². The number of nitro benzene ring substituents is 1. The molecule has 7 heteroatoms. The first-order valence-corrected chi connectivity index (χ1v) is 8.56. The third kappa shape index (κ3) is 3.29. The Morgan fingerprint density at radius 2 is 1.79 bits per heavy atom. The molecule has 0 radical (unpaired) electrons. The molecule has 1 N–H and O–H groups in total. The van der Waals surface area contributed by atoms with Crippen molar-refractivity contribution >= 4 is 23.1 Å². The first kappa shape index (κ1) is 19.0. The lowest BCUT2D eigenvalue weighted by atomic mass is 9.95. The van der Waals surface area contributed by atoms with Crippen LogP contribution >= 0.6 is 0 Å². The second-order valence-corrected chi connectivity index (χ2v) is 6.45. The molecular formula is C21H18N2O5. The Labute approximate surface area is 161 Å². The predicted octanol–water partition coefficient (Wildman–Crippen LogP) is 3.51. The van der Waals surface area contributed by atoms with Crippen molar-refractivity contribution < 1.29 is 19.6 Å². The zero-order chi connectivity index (χ0) is 20.4. The van der Waals surface area contributed by atoms with E-state index in [0.29, 0.717) is 11.1 Å². The molecule has 1 atom stereocenters. The average molecular weight is 378 g/mol. The minimum Gasteiger partial charge on any atom is -0.507 e. The number of hydrogen-bond acceptors (Lipinski definition) is 5. The number of nitro groups is 1. The van der Waals surface area contributed by atoms with Gasteiger partial charge in [-0.05, 0) is 24.6 Å². The molecule has 3 rings (SSSR count). The number of nitrogens with zero attached hydrogens (tertiary/aromatic N) is 2. The number of benzene rings is 2. The molecule has 2 aromatic carbocycles. The van der Waals surface area contributed by atoms with Crippen molar-refractivity contribution in [1.29, 1.82) is 0 Å². The standard InChI is InChI=1S/C21H18N2O5/c1-3-12-22-18(14-8-10-16(11-9-14)23(27)28)17(20(25)21(22)26)19(24)15-6-4-13(2)5-7-15/h3-11,18,24H,1,12H2,2H3/b19-17+/t18-/m0/s1. The minimum absolute atomic E-state index is 0.0513. The summed E-state index contributed by atoms with van der Waals surface area (Å²) in [6.07, 6.45) is 1.48. The summed E-state index contributed by atoms with van der Waals surface area (Å²) in [6.45, 7) is 5.60. The monoisotopic (exact) mass is 378 g/mol. The fourth-order valence-electron chi connectivity index (χ4n) is 3.20. The lowest BCUT2D eigenvalue weighted by molar-refractivity contribution is -0.384. The SMILES string of the molecule is C=CCN1C(=O)C(=O)/C(=C(/O)c2ccc(C)cc2)[C@@H]1c1ccc([N+](=O)[O-])cc1. The molecular weight excluding hydrogens is 360 g/mol. The fraction of sp³-hybridized carbons (Fsp3) is 0.143. The Bertz CT molecular complexity index is 990. The third-order valence-corrected chi connectivity index (χ3v) is 4.61. The number of ketones is 1. The highest BCUT2D eigenvalue weighted by atomic mass is 16.6. The van der Waals surface area contributed by atoms with Crippen molar-refractivity contribution in [3.8, 4) is 0 Å². The van der Waals surface area contributed by atoms with Gasteiger partial charge in [-0.15, -0.1) is 6.58 Å². The summed E-state index contributed by atoms with van der Waals surface area (Å²) in [4.78, 5) is 36.9. The predicted molar refractivity (Wildman–Crippen MR) is 103 cm³/mol. The molecule has 1 saturated heterocycles. The second kappa shape index (κ2) is 7.48. The second-order valence-electron chi connectivity index (χ2n) is 6.45. The number of carbonyl (C=O) groups excluding carboxylic acids is 2. The molecule has 0 bridgehead atoms. The van der Waals surface area contributed by atoms with E-state index in [9.17, 15) is 24.8 Å². The van der Waals surface area contributed by atoms with Gasteiger partial charge in [-0.1, -0.05) is 35.9 Å². The normalized spacial score (nSPS) is 18.3. The molecule has 0 saturated carbocycles. The van der Waals surface area contributed by atoms with Gasteiger partial charge in [-0.25, -0.2) is 0 Å². The largest absolute Gasteiger partial charge is 0.507 e.